The van der Waals surface area contributed by atoms with Crippen LogP contribution in [-0.4, -0.2) is 12.2 Å². The summed E-state index contributed by atoms with van der Waals surface area (Å²) in [4.78, 5) is 0. The number of aliphatic hydroxyl groups is 1. The fourth-order valence-electron chi connectivity index (χ4n) is 2.20. The van der Waals surface area contributed by atoms with Crippen molar-refractivity contribution in [3.8, 4) is 5.75 Å². The van der Waals surface area contributed by atoms with E-state index in [2.05, 4.69) is 42.5 Å². The Morgan fingerprint density at radius 2 is 2.13 bits per heavy atom. The van der Waals surface area contributed by atoms with Crippen LogP contribution in [-0.2, 0) is 6.42 Å². The van der Waals surface area contributed by atoms with Crippen molar-refractivity contribution in [2.45, 2.75) is 26.4 Å². The van der Waals surface area contributed by atoms with Gasteiger partial charge in [-0.3, -0.25) is 0 Å². The largest absolute Gasteiger partial charge is 0.496 e. The van der Waals surface area contributed by atoms with Gasteiger partial charge in [0.2, 0.25) is 0 Å². The molecular formula is C12H15IO2. The van der Waals surface area contributed by atoms with Crippen LogP contribution < -0.4 is 4.74 Å². The van der Waals surface area contributed by atoms with E-state index in [4.69, 9.17) is 4.74 Å². The molecule has 0 saturated carbocycles. The molecule has 0 aliphatic heterocycles. The second kappa shape index (κ2) is 3.63. The number of fused-ring (bicyclic) bond motifs is 1. The molecule has 3 heteroatoms. The molecule has 1 aromatic rings. The van der Waals surface area contributed by atoms with Gasteiger partial charge in [-0.05, 0) is 46.1 Å². The summed E-state index contributed by atoms with van der Waals surface area (Å²) >= 11 is 2.25. The maximum Gasteiger partial charge on any atom is 0.132 e. The van der Waals surface area contributed by atoms with E-state index in [1.54, 1.807) is 7.11 Å². The number of halogens is 1. The number of ether oxygens (including phenoxy) is 1. The van der Waals surface area contributed by atoms with Crippen molar-refractivity contribution >= 4 is 22.6 Å². The summed E-state index contributed by atoms with van der Waals surface area (Å²) in [6, 6.07) is 4.04. The van der Waals surface area contributed by atoms with Gasteiger partial charge in [-0.25, -0.2) is 0 Å². The minimum Gasteiger partial charge on any atom is -0.496 e. The summed E-state index contributed by atoms with van der Waals surface area (Å²) in [5.41, 5.74) is 2.24. The summed E-state index contributed by atoms with van der Waals surface area (Å²) < 4.78 is 6.32. The highest BCUT2D eigenvalue weighted by Gasteiger charge is 2.39. The third kappa shape index (κ3) is 1.65. The first kappa shape index (κ1) is 11.2. The van der Waals surface area contributed by atoms with Crippen LogP contribution in [0.1, 0.15) is 31.1 Å². The van der Waals surface area contributed by atoms with Crippen molar-refractivity contribution in [1.29, 1.82) is 0 Å². The zero-order chi connectivity index (χ0) is 11.2. The van der Waals surface area contributed by atoms with Gasteiger partial charge in [0.1, 0.15) is 5.75 Å². The lowest BCUT2D eigenvalue weighted by atomic mass is 9.87. The van der Waals surface area contributed by atoms with Crippen molar-refractivity contribution in [2.24, 2.45) is 5.41 Å². The van der Waals surface area contributed by atoms with Crippen LogP contribution in [0.4, 0.5) is 0 Å². The highest BCUT2D eigenvalue weighted by Crippen LogP contribution is 2.48. The first-order valence-corrected chi connectivity index (χ1v) is 6.08. The smallest absolute Gasteiger partial charge is 0.132 e. The topological polar surface area (TPSA) is 29.5 Å². The van der Waals surface area contributed by atoms with Gasteiger partial charge in [-0.15, -0.1) is 0 Å². The number of aliphatic hydroxyl groups excluding tert-OH is 1. The third-order valence-corrected chi connectivity index (χ3v) is 4.23. The van der Waals surface area contributed by atoms with Gasteiger partial charge < -0.3 is 9.84 Å². The highest BCUT2D eigenvalue weighted by atomic mass is 127. The zero-order valence-electron chi connectivity index (χ0n) is 9.17. The maximum absolute atomic E-state index is 10.2. The molecule has 1 N–H and O–H groups in total. The molecule has 82 valence electrons. The Labute approximate surface area is 104 Å². The number of rotatable bonds is 1. The van der Waals surface area contributed by atoms with E-state index in [0.29, 0.717) is 0 Å². The van der Waals surface area contributed by atoms with Crippen LogP contribution in [0.25, 0.3) is 0 Å². The number of methoxy groups -OCH3 is 1. The molecule has 2 nitrogen and oxygen atoms in total. The van der Waals surface area contributed by atoms with Gasteiger partial charge in [-0.2, -0.15) is 0 Å². The van der Waals surface area contributed by atoms with Crippen LogP contribution in [0.15, 0.2) is 12.1 Å². The lowest BCUT2D eigenvalue weighted by Crippen LogP contribution is -2.17. The highest BCUT2D eigenvalue weighted by molar-refractivity contribution is 14.1. The summed E-state index contributed by atoms with van der Waals surface area (Å²) in [5, 5.41) is 10.2. The lowest BCUT2D eigenvalue weighted by Gasteiger charge is -2.22. The SMILES string of the molecule is COc1ccc2c(c1I)[C@H](O)C(C)(C)C2. The average molecular weight is 318 g/mol. The predicted octanol–water partition coefficient (Wildman–Crippen LogP) is 2.92. The molecule has 0 fully saturated rings. The fraction of sp³-hybridized carbons (Fsp3) is 0.500. The summed E-state index contributed by atoms with van der Waals surface area (Å²) in [7, 11) is 1.66. The minimum atomic E-state index is -0.380. The van der Waals surface area contributed by atoms with Gasteiger partial charge in [0.15, 0.2) is 0 Å². The minimum absolute atomic E-state index is 0.0609. The maximum atomic E-state index is 10.2. The molecule has 0 aromatic heterocycles. The molecule has 1 atom stereocenters. The summed E-state index contributed by atoms with van der Waals surface area (Å²) in [5.74, 6) is 0.853. The Morgan fingerprint density at radius 3 is 2.73 bits per heavy atom. The van der Waals surface area contributed by atoms with Crippen LogP contribution >= 0.6 is 22.6 Å². The normalized spacial score (nSPS) is 22.6. The standard InChI is InChI=1S/C12H15IO2/c1-12(2)6-7-4-5-8(15-3)10(13)9(7)11(12)14/h4-5,11,14H,6H2,1-3H3/t11-/m0/s1. The predicted molar refractivity (Wildman–Crippen MR) is 68.2 cm³/mol. The quantitative estimate of drug-likeness (QED) is 0.807. The Bertz CT molecular complexity index is 399. The summed E-state index contributed by atoms with van der Waals surface area (Å²) in [6.45, 7) is 4.19. The van der Waals surface area contributed by atoms with Gasteiger partial charge in [-0.1, -0.05) is 19.9 Å². The first-order valence-electron chi connectivity index (χ1n) is 5.00. The Morgan fingerprint density at radius 1 is 1.47 bits per heavy atom. The molecule has 1 aliphatic carbocycles. The van der Waals surface area contributed by atoms with Crippen molar-refractivity contribution in [3.05, 3.63) is 26.8 Å². The summed E-state index contributed by atoms with van der Waals surface area (Å²) in [6.07, 6.45) is 0.554. The molecule has 0 radical (unpaired) electrons. The van der Waals surface area contributed by atoms with Crippen molar-refractivity contribution in [2.75, 3.05) is 7.11 Å². The van der Waals surface area contributed by atoms with Crippen LogP contribution in [0, 0.1) is 8.99 Å². The van der Waals surface area contributed by atoms with Crippen LogP contribution in [0.3, 0.4) is 0 Å². The Kier molecular flexibility index (Phi) is 2.71. The van der Waals surface area contributed by atoms with E-state index in [1.165, 1.54) is 5.56 Å². The molecule has 15 heavy (non-hydrogen) atoms. The monoisotopic (exact) mass is 318 g/mol. The molecule has 0 saturated heterocycles. The van der Waals surface area contributed by atoms with E-state index in [-0.39, 0.29) is 11.5 Å². The number of hydrogen-bond donors (Lipinski definition) is 1. The van der Waals surface area contributed by atoms with Crippen molar-refractivity contribution in [3.63, 3.8) is 0 Å². The Hall–Kier alpha value is -0.290. The van der Waals surface area contributed by atoms with Crippen LogP contribution in [0.2, 0.25) is 0 Å². The molecule has 2 rings (SSSR count). The van der Waals surface area contributed by atoms with Crippen molar-refractivity contribution in [1.82, 2.24) is 0 Å². The second-order valence-electron chi connectivity index (χ2n) is 4.72. The van der Waals surface area contributed by atoms with Gasteiger partial charge in [0.05, 0.1) is 16.8 Å². The van der Waals surface area contributed by atoms with Crippen molar-refractivity contribution < 1.29 is 9.84 Å². The molecule has 0 heterocycles. The molecule has 0 unspecified atom stereocenters. The molecule has 1 aromatic carbocycles. The molecule has 0 spiro atoms. The molecule has 0 bridgehead atoms. The average Bonchev–Trinajstić information content (AvgIpc) is 2.39. The van der Waals surface area contributed by atoms with E-state index in [1.807, 2.05) is 6.07 Å². The number of benzene rings is 1. The van der Waals surface area contributed by atoms with E-state index in [9.17, 15) is 5.11 Å². The second-order valence-corrected chi connectivity index (χ2v) is 5.80. The fourth-order valence-corrected chi connectivity index (χ4v) is 3.24. The van der Waals surface area contributed by atoms with E-state index >= 15 is 0 Å². The molecular weight excluding hydrogens is 303 g/mol. The van der Waals surface area contributed by atoms with Gasteiger partial charge in [0, 0.05) is 5.56 Å². The number of hydrogen-bond acceptors (Lipinski definition) is 2. The van der Waals surface area contributed by atoms with Gasteiger partial charge >= 0.3 is 0 Å². The Balaban J connectivity index is 2.57. The van der Waals surface area contributed by atoms with Gasteiger partial charge in [0.25, 0.3) is 0 Å². The van der Waals surface area contributed by atoms with E-state index < -0.39 is 0 Å². The lowest BCUT2D eigenvalue weighted by molar-refractivity contribution is 0.0659. The molecule has 0 amide bonds. The first-order chi connectivity index (χ1) is 6.97. The van der Waals surface area contributed by atoms with Crippen LogP contribution in [0.5, 0.6) is 5.75 Å². The van der Waals surface area contributed by atoms with E-state index in [0.717, 1.165) is 21.3 Å². The molecule has 1 aliphatic rings. The zero-order valence-corrected chi connectivity index (χ0v) is 11.3. The third-order valence-electron chi connectivity index (χ3n) is 3.11.